The fraction of sp³-hybridized carbons (Fsp3) is 0.500. The van der Waals surface area contributed by atoms with E-state index in [9.17, 15) is 9.90 Å². The fourth-order valence-electron chi connectivity index (χ4n) is 2.18. The molecule has 1 aromatic rings. The van der Waals surface area contributed by atoms with Gasteiger partial charge in [-0.1, -0.05) is 25.1 Å². The number of carbonyl (C=O) groups excluding carboxylic acids is 1. The molecule has 4 heteroatoms. The highest BCUT2D eigenvalue weighted by atomic mass is 16.3. The number of para-hydroxylation sites is 1. The van der Waals surface area contributed by atoms with Crippen molar-refractivity contribution in [1.82, 2.24) is 4.90 Å². The lowest BCUT2D eigenvalue weighted by atomic mass is 9.96. The minimum absolute atomic E-state index is 0.0250. The van der Waals surface area contributed by atoms with Crippen molar-refractivity contribution in [2.75, 3.05) is 25.0 Å². The lowest BCUT2D eigenvalue weighted by molar-refractivity contribution is -0.118. The molecule has 2 atom stereocenters. The Hall–Kier alpha value is -1.39. The van der Waals surface area contributed by atoms with Crippen molar-refractivity contribution in [1.29, 1.82) is 0 Å². The average molecular weight is 248 g/mol. The van der Waals surface area contributed by atoms with Crippen molar-refractivity contribution in [2.45, 2.75) is 19.4 Å². The zero-order valence-electron chi connectivity index (χ0n) is 10.7. The van der Waals surface area contributed by atoms with Crippen LogP contribution >= 0.6 is 0 Å². The summed E-state index contributed by atoms with van der Waals surface area (Å²) in [5.41, 5.74) is 0.813. The van der Waals surface area contributed by atoms with Crippen molar-refractivity contribution in [3.8, 4) is 0 Å². The summed E-state index contributed by atoms with van der Waals surface area (Å²) in [6, 6.07) is 9.43. The van der Waals surface area contributed by atoms with Crippen molar-refractivity contribution in [2.24, 2.45) is 5.92 Å². The number of aliphatic hydroxyl groups excluding tert-OH is 1. The molecule has 0 aliphatic carbocycles. The predicted molar refractivity (Wildman–Crippen MR) is 71.3 cm³/mol. The molecule has 1 fully saturated rings. The predicted octanol–water partition coefficient (Wildman–Crippen LogP) is 1.33. The second-order valence-electron chi connectivity index (χ2n) is 4.98. The van der Waals surface area contributed by atoms with Gasteiger partial charge in [0.2, 0.25) is 5.91 Å². The van der Waals surface area contributed by atoms with Crippen LogP contribution in [0.1, 0.15) is 13.3 Å². The van der Waals surface area contributed by atoms with Gasteiger partial charge in [0.05, 0.1) is 12.6 Å². The van der Waals surface area contributed by atoms with Gasteiger partial charge >= 0.3 is 0 Å². The van der Waals surface area contributed by atoms with Gasteiger partial charge in [-0.2, -0.15) is 0 Å². The van der Waals surface area contributed by atoms with Crippen molar-refractivity contribution < 1.29 is 9.90 Å². The van der Waals surface area contributed by atoms with E-state index in [0.29, 0.717) is 19.0 Å². The Morgan fingerprint density at radius 1 is 1.44 bits per heavy atom. The van der Waals surface area contributed by atoms with Crippen LogP contribution in [0.25, 0.3) is 0 Å². The molecule has 1 saturated heterocycles. The third-order valence-corrected chi connectivity index (χ3v) is 3.43. The highest BCUT2D eigenvalue weighted by molar-refractivity contribution is 5.92. The zero-order chi connectivity index (χ0) is 13.0. The summed E-state index contributed by atoms with van der Waals surface area (Å²) in [6.07, 6.45) is 0.628. The molecule has 1 heterocycles. The molecule has 2 rings (SSSR count). The monoisotopic (exact) mass is 248 g/mol. The smallest absolute Gasteiger partial charge is 0.238 e. The SMILES string of the molecule is CC1CCN(CC(=O)Nc2ccccc2)CC1O. The van der Waals surface area contributed by atoms with E-state index < -0.39 is 0 Å². The number of rotatable bonds is 3. The first-order valence-corrected chi connectivity index (χ1v) is 6.40. The Balaban J connectivity index is 1.81. The number of benzene rings is 1. The lowest BCUT2D eigenvalue weighted by Crippen LogP contribution is -2.45. The number of carbonyl (C=O) groups is 1. The number of anilines is 1. The minimum atomic E-state index is -0.316. The number of piperidine rings is 1. The molecule has 1 aliphatic heterocycles. The van der Waals surface area contributed by atoms with Gasteiger partial charge in [-0.15, -0.1) is 0 Å². The molecular formula is C14H20N2O2. The Bertz CT molecular complexity index is 394. The lowest BCUT2D eigenvalue weighted by Gasteiger charge is -2.33. The number of nitrogens with one attached hydrogen (secondary N) is 1. The Labute approximate surface area is 108 Å². The highest BCUT2D eigenvalue weighted by Crippen LogP contribution is 2.16. The summed E-state index contributed by atoms with van der Waals surface area (Å²) in [7, 11) is 0. The molecule has 1 aliphatic rings. The molecule has 0 aromatic heterocycles. The first kappa shape index (κ1) is 13.1. The molecule has 18 heavy (non-hydrogen) atoms. The average Bonchev–Trinajstić information content (AvgIpc) is 2.35. The molecule has 0 bridgehead atoms. The van der Waals surface area contributed by atoms with Crippen LogP contribution in [0.5, 0.6) is 0 Å². The largest absolute Gasteiger partial charge is 0.392 e. The van der Waals surface area contributed by atoms with Gasteiger partial charge in [0, 0.05) is 12.2 Å². The molecular weight excluding hydrogens is 228 g/mol. The van der Waals surface area contributed by atoms with Crippen LogP contribution in [-0.2, 0) is 4.79 Å². The van der Waals surface area contributed by atoms with Crippen LogP contribution in [0.4, 0.5) is 5.69 Å². The maximum Gasteiger partial charge on any atom is 0.238 e. The minimum Gasteiger partial charge on any atom is -0.392 e. The van der Waals surface area contributed by atoms with E-state index in [1.54, 1.807) is 0 Å². The summed E-state index contributed by atoms with van der Waals surface area (Å²) in [5, 5.41) is 12.6. The van der Waals surface area contributed by atoms with Gasteiger partial charge in [0.1, 0.15) is 0 Å². The normalized spacial score (nSPS) is 24.8. The summed E-state index contributed by atoms with van der Waals surface area (Å²) >= 11 is 0. The second-order valence-corrected chi connectivity index (χ2v) is 4.98. The maximum atomic E-state index is 11.8. The van der Waals surface area contributed by atoms with E-state index in [1.807, 2.05) is 42.2 Å². The molecule has 98 valence electrons. The Morgan fingerprint density at radius 3 is 2.83 bits per heavy atom. The number of hydrogen-bond donors (Lipinski definition) is 2. The standard InChI is InChI=1S/C14H20N2O2/c1-11-7-8-16(9-13(11)17)10-14(18)15-12-5-3-2-4-6-12/h2-6,11,13,17H,7-10H2,1H3,(H,15,18). The molecule has 0 radical (unpaired) electrons. The van der Waals surface area contributed by atoms with Crippen molar-refractivity contribution >= 4 is 11.6 Å². The summed E-state index contributed by atoms with van der Waals surface area (Å²) in [5.74, 6) is 0.307. The Kier molecular flexibility index (Phi) is 4.33. The number of β-amino-alcohol motifs (C(OH)–C–C–N with tert-alkyl or cyclic N) is 1. The quantitative estimate of drug-likeness (QED) is 0.848. The Morgan fingerprint density at radius 2 is 2.17 bits per heavy atom. The van der Waals surface area contributed by atoms with E-state index >= 15 is 0 Å². The van der Waals surface area contributed by atoms with Crippen molar-refractivity contribution in [3.63, 3.8) is 0 Å². The van der Waals surface area contributed by atoms with E-state index in [1.165, 1.54) is 0 Å². The third-order valence-electron chi connectivity index (χ3n) is 3.43. The molecule has 4 nitrogen and oxygen atoms in total. The molecule has 0 saturated carbocycles. The van der Waals surface area contributed by atoms with Gasteiger partial charge in [-0.25, -0.2) is 0 Å². The number of aliphatic hydroxyl groups is 1. The number of amides is 1. The third kappa shape index (κ3) is 3.55. The first-order chi connectivity index (χ1) is 8.65. The van der Waals surface area contributed by atoms with Crippen LogP contribution in [0.2, 0.25) is 0 Å². The molecule has 0 spiro atoms. The van der Waals surface area contributed by atoms with E-state index in [0.717, 1.165) is 18.7 Å². The molecule has 1 aromatic carbocycles. The van der Waals surface area contributed by atoms with Gasteiger partial charge in [0.15, 0.2) is 0 Å². The second kappa shape index (κ2) is 5.98. The molecule has 2 N–H and O–H groups in total. The summed E-state index contributed by atoms with van der Waals surface area (Å²) in [6.45, 7) is 3.86. The molecule has 2 unspecified atom stereocenters. The number of nitrogens with zero attached hydrogens (tertiary/aromatic N) is 1. The fourth-order valence-corrected chi connectivity index (χ4v) is 2.18. The maximum absolute atomic E-state index is 11.8. The van der Waals surface area contributed by atoms with Gasteiger partial charge in [-0.3, -0.25) is 9.69 Å². The summed E-state index contributed by atoms with van der Waals surface area (Å²) < 4.78 is 0. The topological polar surface area (TPSA) is 52.6 Å². The van der Waals surface area contributed by atoms with Gasteiger partial charge < -0.3 is 10.4 Å². The van der Waals surface area contributed by atoms with Crippen LogP contribution in [0, 0.1) is 5.92 Å². The van der Waals surface area contributed by atoms with E-state index in [-0.39, 0.29) is 12.0 Å². The zero-order valence-corrected chi connectivity index (χ0v) is 10.7. The highest BCUT2D eigenvalue weighted by Gasteiger charge is 2.25. The van der Waals surface area contributed by atoms with Crippen LogP contribution < -0.4 is 5.32 Å². The number of likely N-dealkylation sites (tertiary alicyclic amines) is 1. The van der Waals surface area contributed by atoms with Crippen LogP contribution in [0.3, 0.4) is 0 Å². The van der Waals surface area contributed by atoms with Crippen molar-refractivity contribution in [3.05, 3.63) is 30.3 Å². The van der Waals surface area contributed by atoms with Gasteiger partial charge in [0.25, 0.3) is 0 Å². The van der Waals surface area contributed by atoms with E-state index in [4.69, 9.17) is 0 Å². The number of hydrogen-bond acceptors (Lipinski definition) is 3. The first-order valence-electron chi connectivity index (χ1n) is 6.40. The van der Waals surface area contributed by atoms with E-state index in [2.05, 4.69) is 5.32 Å². The summed E-state index contributed by atoms with van der Waals surface area (Å²) in [4.78, 5) is 13.8. The molecule has 1 amide bonds. The van der Waals surface area contributed by atoms with Crippen LogP contribution in [-0.4, -0.2) is 41.7 Å². The van der Waals surface area contributed by atoms with Gasteiger partial charge in [-0.05, 0) is 31.0 Å². The van der Waals surface area contributed by atoms with Crippen LogP contribution in [0.15, 0.2) is 30.3 Å².